The van der Waals surface area contributed by atoms with Crippen molar-refractivity contribution < 1.29 is 27.9 Å². The van der Waals surface area contributed by atoms with Gasteiger partial charge in [-0.05, 0) is 13.0 Å². The number of carbonyl (C=O) groups is 3. The van der Waals surface area contributed by atoms with Gasteiger partial charge in [-0.15, -0.1) is 0 Å². The van der Waals surface area contributed by atoms with Gasteiger partial charge in [0.2, 0.25) is 0 Å². The Morgan fingerprint density at radius 2 is 1.96 bits per heavy atom. The molecule has 2 heterocycles. The number of nitrogens with zero attached hydrogens (tertiary/aromatic N) is 4. The van der Waals surface area contributed by atoms with Crippen LogP contribution in [0.4, 0.5) is 8.78 Å². The molecular formula is C16H14Cl2F2N4O4. The summed E-state index contributed by atoms with van der Waals surface area (Å²) in [6.45, 7) is 0.688. The van der Waals surface area contributed by atoms with Crippen molar-refractivity contribution in [3.63, 3.8) is 0 Å². The summed E-state index contributed by atoms with van der Waals surface area (Å²) in [5.41, 5.74) is -1.75. The summed E-state index contributed by atoms with van der Waals surface area (Å²) in [7, 11) is 1.33. The van der Waals surface area contributed by atoms with Crippen molar-refractivity contribution in [2.75, 3.05) is 13.2 Å². The van der Waals surface area contributed by atoms with Crippen molar-refractivity contribution in [1.29, 1.82) is 0 Å². The summed E-state index contributed by atoms with van der Waals surface area (Å²) in [5.74, 6) is -3.17. The van der Waals surface area contributed by atoms with Gasteiger partial charge in [0, 0.05) is 19.4 Å². The van der Waals surface area contributed by atoms with E-state index in [9.17, 15) is 23.2 Å². The fraction of sp³-hybridized carbons (Fsp3) is 0.312. The quantitative estimate of drug-likeness (QED) is 0.512. The summed E-state index contributed by atoms with van der Waals surface area (Å²) in [6.07, 6.45) is -0.939. The monoisotopic (exact) mass is 434 g/mol. The molecule has 0 radical (unpaired) electrons. The van der Waals surface area contributed by atoms with Crippen LogP contribution in [-0.2, 0) is 16.6 Å². The number of carbonyl (C=O) groups excluding carboxylic acids is 3. The summed E-state index contributed by atoms with van der Waals surface area (Å²) >= 11 is 11.7. The van der Waals surface area contributed by atoms with Crippen molar-refractivity contribution in [1.82, 2.24) is 19.7 Å². The fourth-order valence-corrected chi connectivity index (χ4v) is 2.71. The Bertz CT molecular complexity index is 920. The largest absolute Gasteiger partial charge is 0.465 e. The Labute approximate surface area is 168 Å². The molecule has 0 saturated heterocycles. The van der Waals surface area contributed by atoms with Gasteiger partial charge in [-0.1, -0.05) is 23.2 Å². The van der Waals surface area contributed by atoms with Crippen LogP contribution in [0.15, 0.2) is 18.5 Å². The minimum absolute atomic E-state index is 0.00974. The lowest BCUT2D eigenvalue weighted by molar-refractivity contribution is -0.143. The summed E-state index contributed by atoms with van der Waals surface area (Å²) in [5, 5.41) is 3.48. The number of pyridine rings is 1. The van der Waals surface area contributed by atoms with Crippen LogP contribution in [0.5, 0.6) is 0 Å². The van der Waals surface area contributed by atoms with Gasteiger partial charge < -0.3 is 4.74 Å². The first-order valence-electron chi connectivity index (χ1n) is 7.80. The number of rotatable bonds is 6. The second kappa shape index (κ2) is 9.07. The minimum atomic E-state index is -3.07. The molecule has 2 amide bonds. The van der Waals surface area contributed by atoms with E-state index in [1.54, 1.807) is 0 Å². The number of aryl methyl sites for hydroxylation is 1. The molecule has 12 heteroatoms. The molecule has 0 fully saturated rings. The van der Waals surface area contributed by atoms with E-state index in [1.807, 2.05) is 0 Å². The first-order chi connectivity index (χ1) is 13.1. The lowest BCUT2D eigenvalue weighted by Crippen LogP contribution is -2.42. The third-order valence-electron chi connectivity index (χ3n) is 3.39. The number of halogens is 4. The van der Waals surface area contributed by atoms with Crippen LogP contribution >= 0.6 is 23.2 Å². The summed E-state index contributed by atoms with van der Waals surface area (Å²) < 4.78 is 32.2. The van der Waals surface area contributed by atoms with E-state index in [2.05, 4.69) is 10.1 Å². The van der Waals surface area contributed by atoms with Gasteiger partial charge in [-0.25, -0.2) is 13.8 Å². The van der Waals surface area contributed by atoms with E-state index in [0.717, 1.165) is 17.1 Å². The first-order valence-corrected chi connectivity index (χ1v) is 8.55. The van der Waals surface area contributed by atoms with Crippen LogP contribution in [0.25, 0.3) is 0 Å². The number of hydrogen-bond donors (Lipinski definition) is 0. The van der Waals surface area contributed by atoms with Crippen LogP contribution in [0, 0.1) is 0 Å². The Kier molecular flexibility index (Phi) is 7.03. The summed E-state index contributed by atoms with van der Waals surface area (Å²) in [6, 6.07) is 1.21. The molecule has 0 spiro atoms. The maximum Gasteiger partial charge on any atom is 0.326 e. The van der Waals surface area contributed by atoms with Crippen molar-refractivity contribution in [3.05, 3.63) is 45.5 Å². The van der Waals surface area contributed by atoms with Gasteiger partial charge in [-0.2, -0.15) is 5.10 Å². The highest BCUT2D eigenvalue weighted by molar-refractivity contribution is 6.36. The fourth-order valence-electron chi connectivity index (χ4n) is 2.25. The first kappa shape index (κ1) is 21.7. The molecule has 0 atom stereocenters. The highest BCUT2D eigenvalue weighted by atomic mass is 35.5. The van der Waals surface area contributed by atoms with E-state index in [-0.39, 0.29) is 22.3 Å². The van der Waals surface area contributed by atoms with Gasteiger partial charge in [0.25, 0.3) is 18.2 Å². The maximum atomic E-state index is 13.2. The zero-order chi connectivity index (χ0) is 21.0. The molecule has 0 aromatic carbocycles. The van der Waals surface area contributed by atoms with Gasteiger partial charge in [0.05, 0.1) is 22.2 Å². The zero-order valence-corrected chi connectivity index (χ0v) is 16.2. The molecule has 2 rings (SSSR count). The molecule has 8 nitrogen and oxygen atoms in total. The molecule has 28 heavy (non-hydrogen) atoms. The smallest absolute Gasteiger partial charge is 0.326 e. The van der Waals surface area contributed by atoms with E-state index in [1.165, 1.54) is 20.0 Å². The van der Waals surface area contributed by atoms with Gasteiger partial charge in [0.15, 0.2) is 0 Å². The Balaban J connectivity index is 2.48. The number of esters is 1. The van der Waals surface area contributed by atoms with Crippen molar-refractivity contribution in [2.45, 2.75) is 13.3 Å². The molecule has 0 bridgehead atoms. The molecular weight excluding hydrogens is 421 g/mol. The molecule has 0 unspecified atom stereocenters. The van der Waals surface area contributed by atoms with Crippen LogP contribution in [0.3, 0.4) is 0 Å². The van der Waals surface area contributed by atoms with Crippen LogP contribution < -0.4 is 0 Å². The Morgan fingerprint density at radius 3 is 2.54 bits per heavy atom. The predicted molar refractivity (Wildman–Crippen MR) is 94.4 cm³/mol. The number of ether oxygens (including phenoxy) is 1. The highest BCUT2D eigenvalue weighted by Gasteiger charge is 2.33. The second-order valence-electron chi connectivity index (χ2n) is 5.39. The van der Waals surface area contributed by atoms with E-state index in [0.29, 0.717) is 4.90 Å². The highest BCUT2D eigenvalue weighted by Crippen LogP contribution is 2.24. The standard InChI is InChI=1S/C16H14Cl2F2N4O4/c1-3-28-11(25)7-24(16(27)13-10(18)4-8(17)5-21-13)15(26)9-6-23(2)22-12(9)14(19)20/h4-6,14H,3,7H2,1-2H3. The van der Waals surface area contributed by atoms with E-state index in [4.69, 9.17) is 27.9 Å². The molecule has 0 aliphatic carbocycles. The normalized spacial score (nSPS) is 10.8. The predicted octanol–water partition coefficient (Wildman–Crippen LogP) is 2.91. The van der Waals surface area contributed by atoms with Crippen LogP contribution in [0.1, 0.15) is 39.9 Å². The molecule has 0 aliphatic heterocycles. The molecule has 2 aromatic rings. The number of amides is 2. The number of imide groups is 1. The second-order valence-corrected chi connectivity index (χ2v) is 6.23. The molecule has 0 N–H and O–H groups in total. The third-order valence-corrected chi connectivity index (χ3v) is 3.88. The van der Waals surface area contributed by atoms with E-state index < -0.39 is 42.0 Å². The SMILES string of the molecule is CCOC(=O)CN(C(=O)c1cn(C)nc1C(F)F)C(=O)c1ncc(Cl)cc1Cl. The van der Waals surface area contributed by atoms with Crippen LogP contribution in [0.2, 0.25) is 10.0 Å². The van der Waals surface area contributed by atoms with Gasteiger partial charge >= 0.3 is 5.97 Å². The molecule has 0 saturated carbocycles. The van der Waals surface area contributed by atoms with E-state index >= 15 is 0 Å². The van der Waals surface area contributed by atoms with Crippen LogP contribution in [-0.4, -0.2) is 50.6 Å². The van der Waals surface area contributed by atoms with Gasteiger partial charge in [0.1, 0.15) is 17.9 Å². The zero-order valence-electron chi connectivity index (χ0n) is 14.7. The minimum Gasteiger partial charge on any atom is -0.465 e. The average molecular weight is 435 g/mol. The summed E-state index contributed by atoms with van der Waals surface area (Å²) in [4.78, 5) is 41.7. The van der Waals surface area contributed by atoms with Crippen molar-refractivity contribution >= 4 is 41.0 Å². The topological polar surface area (TPSA) is 94.4 Å². The van der Waals surface area contributed by atoms with Crippen molar-refractivity contribution in [2.24, 2.45) is 7.05 Å². The Morgan fingerprint density at radius 1 is 1.29 bits per heavy atom. The number of hydrogen-bond acceptors (Lipinski definition) is 6. The lowest BCUT2D eigenvalue weighted by Gasteiger charge is -2.20. The number of alkyl halides is 2. The molecule has 0 aliphatic rings. The lowest BCUT2D eigenvalue weighted by atomic mass is 10.2. The Hall–Kier alpha value is -2.59. The molecule has 150 valence electrons. The molecule has 2 aromatic heterocycles. The number of aromatic nitrogens is 3. The van der Waals surface area contributed by atoms with Crippen molar-refractivity contribution in [3.8, 4) is 0 Å². The average Bonchev–Trinajstić information content (AvgIpc) is 3.01. The third kappa shape index (κ3) is 4.82. The van der Waals surface area contributed by atoms with Gasteiger partial charge in [-0.3, -0.25) is 24.0 Å². The maximum absolute atomic E-state index is 13.2.